The van der Waals surface area contributed by atoms with Crippen LogP contribution < -0.4 is 5.73 Å². The van der Waals surface area contributed by atoms with Crippen molar-refractivity contribution < 1.29 is 14.2 Å². The average molecular weight is 187 g/mol. The number of ether oxygens (including phenoxy) is 3. The lowest BCUT2D eigenvalue weighted by Gasteiger charge is -2.42. The molecule has 2 rings (SSSR count). The smallest absolute Gasteiger partial charge is 0.115 e. The van der Waals surface area contributed by atoms with Gasteiger partial charge in [-0.15, -0.1) is 0 Å². The van der Waals surface area contributed by atoms with E-state index < -0.39 is 0 Å². The van der Waals surface area contributed by atoms with Crippen molar-refractivity contribution in [2.45, 2.75) is 24.5 Å². The van der Waals surface area contributed by atoms with E-state index in [1.165, 1.54) is 0 Å². The van der Waals surface area contributed by atoms with Gasteiger partial charge in [0.1, 0.15) is 5.60 Å². The Morgan fingerprint density at radius 2 is 2.15 bits per heavy atom. The fourth-order valence-corrected chi connectivity index (χ4v) is 1.95. The van der Waals surface area contributed by atoms with Crippen molar-refractivity contribution in [3.8, 4) is 0 Å². The Kier molecular flexibility index (Phi) is 2.83. The van der Waals surface area contributed by atoms with Crippen molar-refractivity contribution in [1.29, 1.82) is 0 Å². The van der Waals surface area contributed by atoms with Crippen LogP contribution in [0.2, 0.25) is 0 Å². The van der Waals surface area contributed by atoms with Crippen molar-refractivity contribution in [2.24, 2.45) is 5.73 Å². The van der Waals surface area contributed by atoms with E-state index in [-0.39, 0.29) is 11.7 Å². The van der Waals surface area contributed by atoms with Crippen LogP contribution in [0.25, 0.3) is 0 Å². The van der Waals surface area contributed by atoms with E-state index in [1.807, 2.05) is 0 Å². The van der Waals surface area contributed by atoms with Gasteiger partial charge in [-0.05, 0) is 12.8 Å². The first-order chi connectivity index (χ1) is 6.35. The number of nitrogens with two attached hydrogens (primary N) is 1. The van der Waals surface area contributed by atoms with Gasteiger partial charge in [-0.1, -0.05) is 0 Å². The summed E-state index contributed by atoms with van der Waals surface area (Å²) in [5.41, 5.74) is 5.35. The molecule has 0 radical (unpaired) electrons. The normalized spacial score (nSPS) is 40.8. The molecule has 13 heavy (non-hydrogen) atoms. The topological polar surface area (TPSA) is 53.7 Å². The van der Waals surface area contributed by atoms with Crippen LogP contribution in [0.5, 0.6) is 0 Å². The molecule has 0 aromatic rings. The molecule has 2 aliphatic heterocycles. The highest BCUT2D eigenvalue weighted by Crippen LogP contribution is 2.28. The van der Waals surface area contributed by atoms with Gasteiger partial charge in [-0.25, -0.2) is 0 Å². The van der Waals surface area contributed by atoms with Crippen molar-refractivity contribution in [1.82, 2.24) is 0 Å². The monoisotopic (exact) mass is 187 g/mol. The molecule has 0 aromatic heterocycles. The Morgan fingerprint density at radius 1 is 1.31 bits per heavy atom. The van der Waals surface area contributed by atoms with Crippen LogP contribution in [0, 0.1) is 0 Å². The molecule has 4 heteroatoms. The van der Waals surface area contributed by atoms with E-state index in [2.05, 4.69) is 0 Å². The molecule has 0 aromatic carbocycles. The van der Waals surface area contributed by atoms with E-state index in [1.54, 1.807) is 0 Å². The fourth-order valence-electron chi connectivity index (χ4n) is 1.95. The second kappa shape index (κ2) is 3.92. The van der Waals surface area contributed by atoms with E-state index in [9.17, 15) is 0 Å². The molecule has 2 N–H and O–H groups in total. The van der Waals surface area contributed by atoms with Crippen LogP contribution in [-0.2, 0) is 14.2 Å². The molecule has 2 heterocycles. The van der Waals surface area contributed by atoms with E-state index >= 15 is 0 Å². The Hall–Kier alpha value is -0.160. The Labute approximate surface area is 78.3 Å². The zero-order valence-corrected chi connectivity index (χ0v) is 7.83. The molecule has 0 saturated carbocycles. The van der Waals surface area contributed by atoms with E-state index in [0.717, 1.165) is 19.4 Å². The third-order valence-electron chi connectivity index (χ3n) is 2.63. The maximum absolute atomic E-state index is 5.89. The molecule has 2 unspecified atom stereocenters. The van der Waals surface area contributed by atoms with E-state index in [0.29, 0.717) is 26.4 Å². The quantitative estimate of drug-likeness (QED) is 0.623. The fraction of sp³-hybridized carbons (Fsp3) is 1.00. The van der Waals surface area contributed by atoms with Gasteiger partial charge in [0.25, 0.3) is 0 Å². The lowest BCUT2D eigenvalue weighted by Crippen LogP contribution is -2.54. The van der Waals surface area contributed by atoms with Crippen LogP contribution >= 0.6 is 0 Å². The van der Waals surface area contributed by atoms with Gasteiger partial charge in [0.2, 0.25) is 0 Å². The first-order valence-corrected chi connectivity index (χ1v) is 4.88. The highest BCUT2D eigenvalue weighted by atomic mass is 16.6. The Bertz CT molecular complexity index is 163. The minimum atomic E-state index is -0.194. The second-order valence-electron chi connectivity index (χ2n) is 3.83. The lowest BCUT2D eigenvalue weighted by atomic mass is 9.96. The van der Waals surface area contributed by atoms with Gasteiger partial charge in [-0.2, -0.15) is 0 Å². The highest BCUT2D eigenvalue weighted by Gasteiger charge is 2.39. The highest BCUT2D eigenvalue weighted by molar-refractivity contribution is 4.87. The summed E-state index contributed by atoms with van der Waals surface area (Å²) in [6.07, 6.45) is 2.14. The lowest BCUT2D eigenvalue weighted by molar-refractivity contribution is -0.231. The molecule has 0 amide bonds. The minimum Gasteiger partial charge on any atom is -0.378 e. The van der Waals surface area contributed by atoms with Crippen LogP contribution in [0.1, 0.15) is 12.8 Å². The Morgan fingerprint density at radius 3 is 2.85 bits per heavy atom. The summed E-state index contributed by atoms with van der Waals surface area (Å²) >= 11 is 0. The van der Waals surface area contributed by atoms with Crippen LogP contribution in [0.3, 0.4) is 0 Å². The maximum atomic E-state index is 5.89. The molecule has 2 saturated heterocycles. The van der Waals surface area contributed by atoms with Gasteiger partial charge >= 0.3 is 0 Å². The summed E-state index contributed by atoms with van der Waals surface area (Å²) in [6, 6.07) is 0. The van der Waals surface area contributed by atoms with Crippen molar-refractivity contribution in [3.63, 3.8) is 0 Å². The summed E-state index contributed by atoms with van der Waals surface area (Å²) in [7, 11) is 0. The first kappa shape index (κ1) is 9.40. The SMILES string of the molecule is NCC1COCC2(CCCOC2)O1. The molecule has 0 bridgehead atoms. The van der Waals surface area contributed by atoms with Crippen LogP contribution in [0.15, 0.2) is 0 Å². The largest absolute Gasteiger partial charge is 0.378 e. The third kappa shape index (κ3) is 2.02. The molecule has 4 nitrogen and oxygen atoms in total. The van der Waals surface area contributed by atoms with Crippen molar-refractivity contribution >= 4 is 0 Å². The molecular formula is C9H17NO3. The summed E-state index contributed by atoms with van der Waals surface area (Å²) in [6.45, 7) is 3.31. The number of rotatable bonds is 1. The van der Waals surface area contributed by atoms with Gasteiger partial charge in [0, 0.05) is 13.2 Å². The molecule has 2 atom stereocenters. The van der Waals surface area contributed by atoms with Crippen LogP contribution in [-0.4, -0.2) is 44.7 Å². The van der Waals surface area contributed by atoms with Crippen molar-refractivity contribution in [3.05, 3.63) is 0 Å². The predicted molar refractivity (Wildman–Crippen MR) is 47.5 cm³/mol. The molecular weight excluding hydrogens is 170 g/mol. The molecule has 76 valence electrons. The summed E-state index contributed by atoms with van der Waals surface area (Å²) in [4.78, 5) is 0. The molecule has 1 spiro atoms. The summed E-state index contributed by atoms with van der Waals surface area (Å²) in [5, 5.41) is 0. The van der Waals surface area contributed by atoms with Crippen LogP contribution in [0.4, 0.5) is 0 Å². The number of hydrogen-bond acceptors (Lipinski definition) is 4. The Balaban J connectivity index is 1.95. The standard InChI is InChI=1S/C9H17NO3/c10-4-8-5-12-7-9(13-8)2-1-3-11-6-9/h8H,1-7,10H2. The number of hydrogen-bond donors (Lipinski definition) is 1. The molecule has 2 fully saturated rings. The molecule has 0 aliphatic carbocycles. The maximum Gasteiger partial charge on any atom is 0.115 e. The summed E-state index contributed by atoms with van der Waals surface area (Å²) in [5.74, 6) is 0. The zero-order valence-electron chi connectivity index (χ0n) is 7.83. The van der Waals surface area contributed by atoms with Gasteiger partial charge in [0.05, 0.1) is 25.9 Å². The first-order valence-electron chi connectivity index (χ1n) is 4.88. The minimum absolute atomic E-state index is 0.0513. The zero-order chi connectivity index (χ0) is 9.15. The van der Waals surface area contributed by atoms with Gasteiger partial charge < -0.3 is 19.9 Å². The predicted octanol–water partition coefficient (Wildman–Crippen LogP) is -0.0903. The van der Waals surface area contributed by atoms with Gasteiger partial charge in [0.15, 0.2) is 0 Å². The molecule has 2 aliphatic rings. The van der Waals surface area contributed by atoms with E-state index in [4.69, 9.17) is 19.9 Å². The average Bonchev–Trinajstić information content (AvgIpc) is 2.19. The second-order valence-corrected chi connectivity index (χ2v) is 3.83. The van der Waals surface area contributed by atoms with Gasteiger partial charge in [-0.3, -0.25) is 0 Å². The summed E-state index contributed by atoms with van der Waals surface area (Å²) < 4.78 is 16.8. The van der Waals surface area contributed by atoms with Crippen molar-refractivity contribution in [2.75, 3.05) is 33.0 Å². The third-order valence-corrected chi connectivity index (χ3v) is 2.63.